The number of nitrogens with one attached hydrogen (secondary N) is 1. The van der Waals surface area contributed by atoms with Gasteiger partial charge in [0.05, 0.1) is 18.2 Å². The molecule has 0 amide bonds. The van der Waals surface area contributed by atoms with E-state index in [1.165, 1.54) is 0 Å². The van der Waals surface area contributed by atoms with E-state index in [0.29, 0.717) is 20.8 Å². The Bertz CT molecular complexity index is 666. The summed E-state index contributed by atoms with van der Waals surface area (Å²) in [4.78, 5) is 0. The molecule has 0 aliphatic heterocycles. The molecular formula is C15H13BrCl2FNO. The molecule has 0 aliphatic carbocycles. The zero-order valence-corrected chi connectivity index (χ0v) is 14.5. The van der Waals surface area contributed by atoms with Crippen LogP contribution in [0.1, 0.15) is 17.2 Å². The third kappa shape index (κ3) is 3.34. The second kappa shape index (κ2) is 6.97. The Kier molecular flexibility index (Phi) is 5.49. The van der Waals surface area contributed by atoms with E-state index in [1.54, 1.807) is 44.5 Å². The van der Waals surface area contributed by atoms with Gasteiger partial charge in [-0.3, -0.25) is 0 Å². The van der Waals surface area contributed by atoms with E-state index in [9.17, 15) is 4.39 Å². The van der Waals surface area contributed by atoms with Crippen LogP contribution in [0, 0.1) is 5.82 Å². The van der Waals surface area contributed by atoms with Gasteiger partial charge >= 0.3 is 0 Å². The normalized spacial score (nSPS) is 12.3. The Hall–Kier alpha value is -0.810. The molecule has 2 nitrogen and oxygen atoms in total. The molecule has 0 saturated heterocycles. The first-order chi connectivity index (χ1) is 9.99. The van der Waals surface area contributed by atoms with E-state index >= 15 is 0 Å². The smallest absolute Gasteiger partial charge is 0.148 e. The lowest BCUT2D eigenvalue weighted by Gasteiger charge is -2.21. The molecule has 0 aliphatic rings. The van der Waals surface area contributed by atoms with Crippen molar-refractivity contribution in [1.29, 1.82) is 0 Å². The van der Waals surface area contributed by atoms with Crippen LogP contribution >= 0.6 is 39.1 Å². The monoisotopic (exact) mass is 391 g/mol. The minimum atomic E-state index is -0.470. The molecule has 0 heterocycles. The third-order valence-electron chi connectivity index (χ3n) is 3.17. The molecule has 1 N–H and O–H groups in total. The number of hydrogen-bond donors (Lipinski definition) is 1. The SMILES string of the molecule is CNC(c1ccc(Cl)cc1OC)c1ccc(Br)c(Cl)c1F. The van der Waals surface area contributed by atoms with Gasteiger partial charge in [-0.25, -0.2) is 4.39 Å². The predicted molar refractivity (Wildman–Crippen MR) is 88.0 cm³/mol. The minimum Gasteiger partial charge on any atom is -0.496 e. The van der Waals surface area contributed by atoms with Crippen LogP contribution in [-0.2, 0) is 0 Å². The molecule has 0 bridgehead atoms. The van der Waals surface area contributed by atoms with Crippen LogP contribution in [0.5, 0.6) is 5.75 Å². The van der Waals surface area contributed by atoms with Crippen LogP contribution in [0.3, 0.4) is 0 Å². The fourth-order valence-corrected chi connectivity index (χ4v) is 2.81. The highest BCUT2D eigenvalue weighted by atomic mass is 79.9. The maximum absolute atomic E-state index is 14.4. The highest BCUT2D eigenvalue weighted by Crippen LogP contribution is 2.36. The van der Waals surface area contributed by atoms with Gasteiger partial charge in [0, 0.05) is 20.6 Å². The van der Waals surface area contributed by atoms with Gasteiger partial charge in [-0.2, -0.15) is 0 Å². The minimum absolute atomic E-state index is 0.0562. The lowest BCUT2D eigenvalue weighted by Crippen LogP contribution is -2.20. The molecule has 1 unspecified atom stereocenters. The van der Waals surface area contributed by atoms with Gasteiger partial charge in [-0.15, -0.1) is 0 Å². The first kappa shape index (κ1) is 16.6. The lowest BCUT2D eigenvalue weighted by molar-refractivity contribution is 0.404. The fourth-order valence-electron chi connectivity index (χ4n) is 2.17. The molecule has 21 heavy (non-hydrogen) atoms. The number of ether oxygens (including phenoxy) is 1. The third-order valence-corrected chi connectivity index (χ3v) is 4.66. The van der Waals surface area contributed by atoms with E-state index < -0.39 is 11.9 Å². The summed E-state index contributed by atoms with van der Waals surface area (Å²) >= 11 is 15.1. The van der Waals surface area contributed by atoms with Crippen molar-refractivity contribution in [3.05, 3.63) is 61.8 Å². The molecule has 0 spiro atoms. The average Bonchev–Trinajstić information content (AvgIpc) is 2.48. The highest BCUT2D eigenvalue weighted by molar-refractivity contribution is 9.10. The van der Waals surface area contributed by atoms with E-state index in [0.717, 1.165) is 5.56 Å². The number of hydrogen-bond acceptors (Lipinski definition) is 2. The van der Waals surface area contributed by atoms with Crippen molar-refractivity contribution in [2.75, 3.05) is 14.2 Å². The van der Waals surface area contributed by atoms with E-state index in [2.05, 4.69) is 21.2 Å². The summed E-state index contributed by atoms with van der Waals surface area (Å²) in [5.74, 6) is 0.114. The quantitative estimate of drug-likeness (QED) is 0.721. The highest BCUT2D eigenvalue weighted by Gasteiger charge is 2.22. The van der Waals surface area contributed by atoms with Gasteiger partial charge in [-0.1, -0.05) is 35.3 Å². The van der Waals surface area contributed by atoms with Crippen LogP contribution in [0.25, 0.3) is 0 Å². The Morgan fingerprint density at radius 3 is 2.48 bits per heavy atom. The Morgan fingerprint density at radius 1 is 1.19 bits per heavy atom. The number of methoxy groups -OCH3 is 1. The summed E-state index contributed by atoms with van der Waals surface area (Å²) in [6.07, 6.45) is 0. The first-order valence-corrected chi connectivity index (χ1v) is 7.68. The van der Waals surface area contributed by atoms with Crippen molar-refractivity contribution in [3.63, 3.8) is 0 Å². The van der Waals surface area contributed by atoms with Gasteiger partial charge in [0.2, 0.25) is 0 Å². The van der Waals surface area contributed by atoms with Crippen molar-refractivity contribution < 1.29 is 9.13 Å². The predicted octanol–water partition coefficient (Wildman–Crippen LogP) is 5.21. The topological polar surface area (TPSA) is 21.3 Å². The number of rotatable bonds is 4. The average molecular weight is 393 g/mol. The zero-order chi connectivity index (χ0) is 15.6. The van der Waals surface area contributed by atoms with Crippen LogP contribution < -0.4 is 10.1 Å². The molecule has 0 aromatic heterocycles. The zero-order valence-electron chi connectivity index (χ0n) is 11.4. The van der Waals surface area contributed by atoms with Gasteiger partial charge in [0.25, 0.3) is 0 Å². The Labute approximate surface area is 141 Å². The van der Waals surface area contributed by atoms with Gasteiger partial charge in [0.15, 0.2) is 0 Å². The molecule has 0 saturated carbocycles. The summed E-state index contributed by atoms with van der Waals surface area (Å²) in [7, 11) is 3.29. The fraction of sp³-hybridized carbons (Fsp3) is 0.200. The van der Waals surface area contributed by atoms with E-state index in [4.69, 9.17) is 27.9 Å². The lowest BCUT2D eigenvalue weighted by atomic mass is 9.97. The number of benzene rings is 2. The Balaban J connectivity index is 2.57. The maximum atomic E-state index is 14.4. The molecule has 2 rings (SSSR count). The largest absolute Gasteiger partial charge is 0.496 e. The van der Waals surface area contributed by atoms with Gasteiger partial charge in [-0.05, 0) is 41.2 Å². The second-order valence-corrected chi connectivity index (χ2v) is 6.04. The molecule has 2 aromatic carbocycles. The van der Waals surface area contributed by atoms with Gasteiger partial charge in [0.1, 0.15) is 11.6 Å². The van der Waals surface area contributed by atoms with Crippen LogP contribution in [0.15, 0.2) is 34.8 Å². The number of halogens is 4. The van der Waals surface area contributed by atoms with Crippen molar-refractivity contribution in [2.45, 2.75) is 6.04 Å². The van der Waals surface area contributed by atoms with Crippen LogP contribution in [-0.4, -0.2) is 14.2 Å². The van der Waals surface area contributed by atoms with Crippen LogP contribution in [0.2, 0.25) is 10.0 Å². The van der Waals surface area contributed by atoms with Crippen molar-refractivity contribution >= 4 is 39.1 Å². The molecule has 0 fully saturated rings. The van der Waals surface area contributed by atoms with Crippen molar-refractivity contribution in [2.24, 2.45) is 0 Å². The molecule has 2 aromatic rings. The standard InChI is InChI=1S/C15H13BrCl2FNO/c1-20-15(9-4-3-8(17)7-12(9)21-2)10-5-6-11(16)13(18)14(10)19/h3-7,15,20H,1-2H3. The molecule has 112 valence electrons. The summed E-state index contributed by atoms with van der Waals surface area (Å²) < 4.78 is 20.3. The summed E-state index contributed by atoms with van der Waals surface area (Å²) in [5.41, 5.74) is 1.22. The second-order valence-electron chi connectivity index (χ2n) is 4.37. The maximum Gasteiger partial charge on any atom is 0.148 e. The summed E-state index contributed by atoms with van der Waals surface area (Å²) in [5, 5.41) is 3.69. The van der Waals surface area contributed by atoms with Crippen molar-refractivity contribution in [1.82, 2.24) is 5.32 Å². The molecule has 6 heteroatoms. The van der Waals surface area contributed by atoms with E-state index in [1.807, 2.05) is 0 Å². The first-order valence-electron chi connectivity index (χ1n) is 6.13. The molecular weight excluding hydrogens is 380 g/mol. The molecule has 0 radical (unpaired) electrons. The van der Waals surface area contributed by atoms with Crippen molar-refractivity contribution in [3.8, 4) is 5.75 Å². The summed E-state index contributed by atoms with van der Waals surface area (Å²) in [6.45, 7) is 0. The van der Waals surface area contributed by atoms with Gasteiger partial charge < -0.3 is 10.1 Å². The Morgan fingerprint density at radius 2 is 1.86 bits per heavy atom. The van der Waals surface area contributed by atoms with Crippen LogP contribution in [0.4, 0.5) is 4.39 Å². The summed E-state index contributed by atoms with van der Waals surface area (Å²) in [6, 6.07) is 8.23. The molecule has 1 atom stereocenters. The van der Waals surface area contributed by atoms with E-state index in [-0.39, 0.29) is 5.02 Å².